The molecular formula is C16H15N4O2+. The fourth-order valence-electron chi connectivity index (χ4n) is 2.66. The van der Waals surface area contributed by atoms with Gasteiger partial charge < -0.3 is 9.47 Å². The van der Waals surface area contributed by atoms with Gasteiger partial charge in [0.2, 0.25) is 12.8 Å². The summed E-state index contributed by atoms with van der Waals surface area (Å²) in [5, 5.41) is 0. The van der Waals surface area contributed by atoms with Crippen molar-refractivity contribution in [1.82, 2.24) is 14.9 Å². The molecule has 1 aromatic carbocycles. The van der Waals surface area contributed by atoms with E-state index in [0.29, 0.717) is 6.79 Å². The third-order valence-corrected chi connectivity index (χ3v) is 3.73. The van der Waals surface area contributed by atoms with Crippen LogP contribution in [0.15, 0.2) is 36.7 Å². The average Bonchev–Trinajstić information content (AvgIpc) is 3.04. The van der Waals surface area contributed by atoms with Crippen LogP contribution in [0, 0.1) is 6.07 Å². The number of aromatic nitrogens is 2. The Balaban J connectivity index is 1.58. The maximum Gasteiger partial charge on any atom is 0.300 e. The summed E-state index contributed by atoms with van der Waals surface area (Å²) in [6.45, 7) is 2.66. The fourth-order valence-corrected chi connectivity index (χ4v) is 2.66. The highest BCUT2D eigenvalue weighted by atomic mass is 16.7. The molecule has 0 amide bonds. The van der Waals surface area contributed by atoms with Gasteiger partial charge in [-0.2, -0.15) is 0 Å². The van der Waals surface area contributed by atoms with Gasteiger partial charge in [0.25, 0.3) is 6.54 Å². The molecule has 1 aromatic heterocycles. The minimum Gasteiger partial charge on any atom is -0.454 e. The Kier molecular flexibility index (Phi) is 3.33. The Bertz CT molecular complexity index is 739. The first-order valence-electron chi connectivity index (χ1n) is 7.22. The van der Waals surface area contributed by atoms with Crippen molar-refractivity contribution >= 4 is 0 Å². The molecule has 1 atom stereocenters. The molecule has 0 spiro atoms. The first-order chi connectivity index (χ1) is 10.9. The Morgan fingerprint density at radius 1 is 1.23 bits per heavy atom. The third kappa shape index (κ3) is 2.47. The van der Waals surface area contributed by atoms with Gasteiger partial charge >= 0.3 is 6.07 Å². The summed E-state index contributed by atoms with van der Waals surface area (Å²) in [6, 6.07) is 10.9. The number of rotatable bonds is 3. The highest BCUT2D eigenvalue weighted by Crippen LogP contribution is 2.33. The van der Waals surface area contributed by atoms with Crippen molar-refractivity contribution in [1.29, 1.82) is 0 Å². The van der Waals surface area contributed by atoms with Gasteiger partial charge in [0.05, 0.1) is 6.54 Å². The van der Waals surface area contributed by atoms with Gasteiger partial charge in [0.15, 0.2) is 17.3 Å². The summed E-state index contributed by atoms with van der Waals surface area (Å²) in [6.07, 6.45) is 3.49. The Hall–Kier alpha value is -2.65. The van der Waals surface area contributed by atoms with E-state index in [-0.39, 0.29) is 6.04 Å². The lowest BCUT2D eigenvalue weighted by Gasteiger charge is -2.23. The third-order valence-electron chi connectivity index (χ3n) is 3.73. The molecule has 6 heteroatoms. The summed E-state index contributed by atoms with van der Waals surface area (Å²) in [5.41, 5.74) is 1.16. The molecule has 0 radical (unpaired) electrons. The normalized spacial score (nSPS) is 19.5. The van der Waals surface area contributed by atoms with Crippen molar-refractivity contribution in [3.05, 3.63) is 52.9 Å². The van der Waals surface area contributed by atoms with E-state index in [1.807, 2.05) is 18.2 Å². The van der Waals surface area contributed by atoms with Gasteiger partial charge in [0.1, 0.15) is 0 Å². The molecular weight excluding hydrogens is 280 g/mol. The topological polar surface area (TPSA) is 51.8 Å². The molecule has 0 bridgehead atoms. The van der Waals surface area contributed by atoms with Gasteiger partial charge in [0, 0.05) is 18.9 Å². The van der Waals surface area contributed by atoms with Crippen molar-refractivity contribution in [3.63, 3.8) is 0 Å². The first-order valence-corrected chi connectivity index (χ1v) is 7.22. The minimum atomic E-state index is -0.111. The number of benzene rings is 1. The molecule has 2 aliphatic rings. The van der Waals surface area contributed by atoms with Crippen LogP contribution in [0.25, 0.3) is 4.85 Å². The Morgan fingerprint density at radius 2 is 2.09 bits per heavy atom. The lowest BCUT2D eigenvalue weighted by Crippen LogP contribution is -2.33. The van der Waals surface area contributed by atoms with Gasteiger partial charge in [-0.05, 0) is 23.8 Å². The summed E-state index contributed by atoms with van der Waals surface area (Å²) < 4.78 is 10.8. The molecule has 2 aliphatic heterocycles. The van der Waals surface area contributed by atoms with Crippen LogP contribution in [-0.2, 0) is 6.54 Å². The number of fused-ring (bicyclic) bond motifs is 1. The van der Waals surface area contributed by atoms with Crippen molar-refractivity contribution in [3.8, 4) is 17.6 Å². The zero-order chi connectivity index (χ0) is 14.8. The smallest absolute Gasteiger partial charge is 0.300 e. The van der Waals surface area contributed by atoms with E-state index in [9.17, 15) is 0 Å². The molecule has 0 saturated heterocycles. The van der Waals surface area contributed by atoms with Crippen molar-refractivity contribution in [2.24, 2.45) is 0 Å². The van der Waals surface area contributed by atoms with E-state index in [2.05, 4.69) is 31.8 Å². The van der Waals surface area contributed by atoms with Crippen LogP contribution in [0.5, 0.6) is 11.5 Å². The van der Waals surface area contributed by atoms with Crippen LogP contribution < -0.4 is 9.47 Å². The van der Waals surface area contributed by atoms with Crippen LogP contribution in [0.3, 0.4) is 0 Å². The molecule has 110 valence electrons. The maximum atomic E-state index is 5.44. The van der Waals surface area contributed by atoms with E-state index in [1.54, 1.807) is 12.4 Å². The summed E-state index contributed by atoms with van der Waals surface area (Å²) in [4.78, 5) is 15.2. The SMILES string of the molecule is C1#[N+]CCN(Cc2ccc3c(c2)OCO3)C1c1ncccn1. The van der Waals surface area contributed by atoms with E-state index in [4.69, 9.17) is 9.47 Å². The van der Waals surface area contributed by atoms with Crippen LogP contribution in [0.2, 0.25) is 0 Å². The molecule has 3 heterocycles. The number of nitrogens with zero attached hydrogens (tertiary/aromatic N) is 4. The predicted octanol–water partition coefficient (Wildman–Crippen LogP) is 2.10. The molecule has 0 saturated carbocycles. The number of ether oxygens (including phenoxy) is 2. The van der Waals surface area contributed by atoms with Gasteiger partial charge in [-0.1, -0.05) is 10.9 Å². The second-order valence-electron chi connectivity index (χ2n) is 5.18. The molecule has 22 heavy (non-hydrogen) atoms. The second-order valence-corrected chi connectivity index (χ2v) is 5.18. The molecule has 0 fully saturated rings. The zero-order valence-electron chi connectivity index (χ0n) is 12.0. The Labute approximate surface area is 128 Å². The number of hydrogen-bond acceptors (Lipinski definition) is 5. The quantitative estimate of drug-likeness (QED) is 0.868. The summed E-state index contributed by atoms with van der Waals surface area (Å²) >= 11 is 0. The maximum absolute atomic E-state index is 5.44. The van der Waals surface area contributed by atoms with Crippen molar-refractivity contribution in [2.75, 3.05) is 19.9 Å². The van der Waals surface area contributed by atoms with Gasteiger partial charge in [-0.15, -0.1) is 0 Å². The lowest BCUT2D eigenvalue weighted by molar-refractivity contribution is 0.174. The summed E-state index contributed by atoms with van der Waals surface area (Å²) in [7, 11) is 0. The molecule has 6 nitrogen and oxygen atoms in total. The van der Waals surface area contributed by atoms with Gasteiger partial charge in [-0.3, -0.25) is 4.90 Å². The average molecular weight is 295 g/mol. The van der Waals surface area contributed by atoms with E-state index in [0.717, 1.165) is 42.5 Å². The van der Waals surface area contributed by atoms with Crippen LogP contribution in [0.4, 0.5) is 0 Å². The zero-order valence-corrected chi connectivity index (χ0v) is 12.0. The van der Waals surface area contributed by atoms with Crippen LogP contribution >= 0.6 is 0 Å². The highest BCUT2D eigenvalue weighted by Gasteiger charge is 2.30. The highest BCUT2D eigenvalue weighted by molar-refractivity contribution is 5.44. The second kappa shape index (κ2) is 5.62. The van der Waals surface area contributed by atoms with Crippen molar-refractivity contribution < 1.29 is 9.47 Å². The standard InChI is InChI=1S/C16H15N4O2/c1-4-18-16(19-5-1)13-9-17-6-7-20(13)10-12-2-3-14-15(8-12)22-11-21-14/h1-5,8,13H,6-7,10-11H2/q+1. The van der Waals surface area contributed by atoms with Crippen LogP contribution in [0.1, 0.15) is 17.4 Å². The lowest BCUT2D eigenvalue weighted by atomic mass is 10.1. The first kappa shape index (κ1) is 13.0. The van der Waals surface area contributed by atoms with E-state index < -0.39 is 0 Å². The van der Waals surface area contributed by atoms with Crippen LogP contribution in [-0.4, -0.2) is 34.8 Å². The molecule has 0 aliphatic carbocycles. The van der Waals surface area contributed by atoms with E-state index >= 15 is 0 Å². The summed E-state index contributed by atoms with van der Waals surface area (Å²) in [5.74, 6) is 2.34. The van der Waals surface area contributed by atoms with Crippen molar-refractivity contribution in [2.45, 2.75) is 12.6 Å². The van der Waals surface area contributed by atoms with Gasteiger partial charge in [-0.25, -0.2) is 9.97 Å². The fraction of sp³-hybridized carbons (Fsp3) is 0.312. The largest absolute Gasteiger partial charge is 0.454 e. The predicted molar refractivity (Wildman–Crippen MR) is 79.9 cm³/mol. The monoisotopic (exact) mass is 295 g/mol. The molecule has 1 unspecified atom stereocenters. The minimum absolute atomic E-state index is 0.111. The Morgan fingerprint density at radius 3 is 3.00 bits per heavy atom. The molecule has 2 aromatic rings. The molecule has 0 N–H and O–H groups in total. The van der Waals surface area contributed by atoms with E-state index in [1.165, 1.54) is 0 Å². The molecule has 4 rings (SSSR count). The number of hydrogen-bond donors (Lipinski definition) is 0.